The van der Waals surface area contributed by atoms with Gasteiger partial charge in [-0.15, -0.1) is 21.2 Å². The van der Waals surface area contributed by atoms with Crippen LogP contribution in [0.25, 0.3) is 0 Å². The first kappa shape index (κ1) is 17.9. The van der Waals surface area contributed by atoms with E-state index in [-0.39, 0.29) is 23.9 Å². The molecule has 0 aliphatic carbocycles. The fourth-order valence-corrected chi connectivity index (χ4v) is 2.08. The third-order valence-electron chi connectivity index (χ3n) is 3.26. The van der Waals surface area contributed by atoms with Crippen molar-refractivity contribution in [3.8, 4) is 11.5 Å². The standard InChI is InChI=1S/C14H19F2NO3.ClH/c1-8(2)3-5-10(18)13(17)9-4-6-11-12(7-9)20-14(15,16)19-11;/h4,6-8,10,13,18H,3,5,17H2,1-2H3;1H/t10-,13+;/m0./s1. The summed E-state index contributed by atoms with van der Waals surface area (Å²) in [4.78, 5) is 0. The number of nitrogens with two attached hydrogens (primary N) is 1. The zero-order chi connectivity index (χ0) is 14.9. The average molecular weight is 324 g/mol. The number of benzene rings is 1. The zero-order valence-electron chi connectivity index (χ0n) is 11.9. The molecule has 2 rings (SSSR count). The molecule has 1 heterocycles. The van der Waals surface area contributed by atoms with E-state index in [1.54, 1.807) is 6.07 Å². The summed E-state index contributed by atoms with van der Waals surface area (Å²) < 4.78 is 34.5. The summed E-state index contributed by atoms with van der Waals surface area (Å²) in [5, 5.41) is 10.0. The highest BCUT2D eigenvalue weighted by atomic mass is 35.5. The van der Waals surface area contributed by atoms with E-state index in [0.717, 1.165) is 6.42 Å². The van der Waals surface area contributed by atoms with Crippen LogP contribution in [0.5, 0.6) is 11.5 Å². The van der Waals surface area contributed by atoms with E-state index in [1.807, 2.05) is 0 Å². The van der Waals surface area contributed by atoms with Crippen LogP contribution in [0.1, 0.15) is 38.3 Å². The maximum atomic E-state index is 12.9. The Morgan fingerprint density at radius 3 is 2.43 bits per heavy atom. The largest absolute Gasteiger partial charge is 0.586 e. The van der Waals surface area contributed by atoms with Crippen LogP contribution in [0.4, 0.5) is 8.78 Å². The minimum Gasteiger partial charge on any atom is -0.395 e. The van der Waals surface area contributed by atoms with Crippen LogP contribution < -0.4 is 15.2 Å². The normalized spacial score (nSPS) is 18.2. The highest BCUT2D eigenvalue weighted by Gasteiger charge is 2.43. The SMILES string of the molecule is CC(C)CC[C@H](O)[C@H](N)c1ccc2c(c1)OC(F)(F)O2.Cl. The number of hydrogen-bond acceptors (Lipinski definition) is 4. The van der Waals surface area contributed by atoms with Gasteiger partial charge in [-0.05, 0) is 36.5 Å². The molecule has 7 heteroatoms. The van der Waals surface area contributed by atoms with Gasteiger partial charge in [-0.2, -0.15) is 0 Å². The van der Waals surface area contributed by atoms with Crippen molar-refractivity contribution in [2.24, 2.45) is 11.7 Å². The van der Waals surface area contributed by atoms with Gasteiger partial charge in [-0.3, -0.25) is 0 Å². The van der Waals surface area contributed by atoms with E-state index in [9.17, 15) is 13.9 Å². The monoisotopic (exact) mass is 323 g/mol. The van der Waals surface area contributed by atoms with Gasteiger partial charge in [0.15, 0.2) is 11.5 Å². The number of hydrogen-bond donors (Lipinski definition) is 2. The number of aliphatic hydroxyl groups excluding tert-OH is 1. The van der Waals surface area contributed by atoms with E-state index < -0.39 is 18.4 Å². The van der Waals surface area contributed by atoms with Crippen LogP contribution in [0, 0.1) is 5.92 Å². The molecule has 0 amide bonds. The summed E-state index contributed by atoms with van der Waals surface area (Å²) in [7, 11) is 0. The van der Waals surface area contributed by atoms with Crippen molar-refractivity contribution in [2.75, 3.05) is 0 Å². The van der Waals surface area contributed by atoms with E-state index in [1.165, 1.54) is 12.1 Å². The lowest BCUT2D eigenvalue weighted by Crippen LogP contribution is -2.26. The Morgan fingerprint density at radius 2 is 1.81 bits per heavy atom. The predicted octanol–water partition coefficient (Wildman–Crippen LogP) is 3.23. The van der Waals surface area contributed by atoms with Crippen molar-refractivity contribution in [3.05, 3.63) is 23.8 Å². The van der Waals surface area contributed by atoms with Crippen molar-refractivity contribution in [1.29, 1.82) is 0 Å². The molecule has 0 radical (unpaired) electrons. The molecule has 1 aliphatic heterocycles. The molecule has 2 atom stereocenters. The van der Waals surface area contributed by atoms with Gasteiger partial charge < -0.3 is 20.3 Å². The molecule has 0 unspecified atom stereocenters. The summed E-state index contributed by atoms with van der Waals surface area (Å²) in [6.07, 6.45) is -2.96. The van der Waals surface area contributed by atoms with Crippen molar-refractivity contribution in [2.45, 2.75) is 45.1 Å². The molecule has 0 fully saturated rings. The van der Waals surface area contributed by atoms with Gasteiger partial charge in [0.2, 0.25) is 0 Å². The Bertz CT molecular complexity index is 485. The number of ether oxygens (including phenoxy) is 2. The fourth-order valence-electron chi connectivity index (χ4n) is 2.08. The van der Waals surface area contributed by atoms with Crippen molar-refractivity contribution >= 4 is 12.4 Å². The minimum atomic E-state index is -3.64. The van der Waals surface area contributed by atoms with Crippen LogP contribution in [-0.4, -0.2) is 17.5 Å². The molecule has 3 N–H and O–H groups in total. The molecule has 0 saturated heterocycles. The Hall–Kier alpha value is -1.11. The Kier molecular flexibility index (Phi) is 5.78. The van der Waals surface area contributed by atoms with E-state index in [4.69, 9.17) is 5.73 Å². The Balaban J connectivity index is 0.00000220. The van der Waals surface area contributed by atoms with Crippen LogP contribution in [0.2, 0.25) is 0 Å². The van der Waals surface area contributed by atoms with E-state index >= 15 is 0 Å². The molecule has 0 aromatic heterocycles. The number of aliphatic hydroxyl groups is 1. The van der Waals surface area contributed by atoms with Gasteiger partial charge in [0, 0.05) is 0 Å². The van der Waals surface area contributed by atoms with Crippen LogP contribution >= 0.6 is 12.4 Å². The first-order valence-electron chi connectivity index (χ1n) is 6.62. The van der Waals surface area contributed by atoms with Gasteiger partial charge in [0.25, 0.3) is 0 Å². The highest BCUT2D eigenvalue weighted by Crippen LogP contribution is 2.42. The van der Waals surface area contributed by atoms with Gasteiger partial charge in [-0.1, -0.05) is 19.9 Å². The van der Waals surface area contributed by atoms with Crippen molar-refractivity contribution in [1.82, 2.24) is 0 Å². The number of halogens is 3. The fraction of sp³-hybridized carbons (Fsp3) is 0.571. The third kappa shape index (κ3) is 4.43. The maximum Gasteiger partial charge on any atom is 0.586 e. The molecule has 4 nitrogen and oxygen atoms in total. The summed E-state index contributed by atoms with van der Waals surface area (Å²) >= 11 is 0. The third-order valence-corrected chi connectivity index (χ3v) is 3.26. The molecule has 0 bridgehead atoms. The van der Waals surface area contributed by atoms with Crippen LogP contribution in [0.15, 0.2) is 18.2 Å². The molecule has 1 aromatic carbocycles. The van der Waals surface area contributed by atoms with Crippen LogP contribution in [0.3, 0.4) is 0 Å². The minimum absolute atomic E-state index is 0. The van der Waals surface area contributed by atoms with E-state index in [2.05, 4.69) is 23.3 Å². The second kappa shape index (κ2) is 6.77. The lowest BCUT2D eigenvalue weighted by molar-refractivity contribution is -0.286. The molecule has 1 aromatic rings. The average Bonchev–Trinajstić information content (AvgIpc) is 2.67. The van der Waals surface area contributed by atoms with Crippen molar-refractivity contribution < 1.29 is 23.4 Å². The van der Waals surface area contributed by atoms with Gasteiger partial charge >= 0.3 is 6.29 Å². The van der Waals surface area contributed by atoms with Gasteiger partial charge in [-0.25, -0.2) is 0 Å². The van der Waals surface area contributed by atoms with E-state index in [0.29, 0.717) is 17.9 Å². The Morgan fingerprint density at radius 1 is 1.19 bits per heavy atom. The first-order valence-corrected chi connectivity index (χ1v) is 6.62. The summed E-state index contributed by atoms with van der Waals surface area (Å²) in [6, 6.07) is 3.68. The number of rotatable bonds is 5. The zero-order valence-corrected chi connectivity index (χ0v) is 12.7. The predicted molar refractivity (Wildman–Crippen MR) is 76.9 cm³/mol. The molecule has 0 spiro atoms. The van der Waals surface area contributed by atoms with Crippen molar-refractivity contribution in [3.63, 3.8) is 0 Å². The lowest BCUT2D eigenvalue weighted by atomic mass is 9.96. The smallest absolute Gasteiger partial charge is 0.395 e. The number of fused-ring (bicyclic) bond motifs is 1. The maximum absolute atomic E-state index is 12.9. The quantitative estimate of drug-likeness (QED) is 0.873. The Labute approximate surface area is 128 Å². The molecule has 0 saturated carbocycles. The highest BCUT2D eigenvalue weighted by molar-refractivity contribution is 5.85. The summed E-state index contributed by atoms with van der Waals surface area (Å²) in [5.74, 6) is 0.383. The second-order valence-electron chi connectivity index (χ2n) is 5.44. The lowest BCUT2D eigenvalue weighted by Gasteiger charge is -2.20. The molecule has 1 aliphatic rings. The molecule has 120 valence electrons. The van der Waals surface area contributed by atoms with Gasteiger partial charge in [0.05, 0.1) is 12.1 Å². The second-order valence-corrected chi connectivity index (χ2v) is 5.44. The van der Waals surface area contributed by atoms with Gasteiger partial charge in [0.1, 0.15) is 0 Å². The first-order chi connectivity index (χ1) is 9.28. The topological polar surface area (TPSA) is 64.7 Å². The van der Waals surface area contributed by atoms with Crippen LogP contribution in [-0.2, 0) is 0 Å². The molecule has 21 heavy (non-hydrogen) atoms. The molecular weight excluding hydrogens is 304 g/mol. The molecular formula is C14H20ClF2NO3. The number of alkyl halides is 2. The summed E-state index contributed by atoms with van der Waals surface area (Å²) in [5.41, 5.74) is 6.50. The summed E-state index contributed by atoms with van der Waals surface area (Å²) in [6.45, 7) is 4.11.